The molecular weight excluding hydrogens is 599 g/mol. The number of fused-ring (bicyclic) bond motifs is 1. The molecule has 7 rings (SSSR count). The van der Waals surface area contributed by atoms with Gasteiger partial charge in [-0.2, -0.15) is 0 Å². The number of aromatic hydroxyl groups is 1. The summed E-state index contributed by atoms with van der Waals surface area (Å²) >= 11 is 0. The Morgan fingerprint density at radius 3 is 1.98 bits per heavy atom. The number of para-hydroxylation sites is 2. The van der Waals surface area contributed by atoms with Crippen LogP contribution in [-0.4, -0.2) is 19.6 Å². The summed E-state index contributed by atoms with van der Waals surface area (Å²) in [5.41, 5.74) is 13.4. The Kier molecular flexibility index (Phi) is 7.99. The van der Waals surface area contributed by atoms with Crippen molar-refractivity contribution in [3.8, 4) is 56.3 Å². The minimum Gasteiger partial charge on any atom is -0.507 e. The van der Waals surface area contributed by atoms with Crippen LogP contribution in [0, 0.1) is 6.92 Å². The number of nitrogens with zero attached hydrogens (tertiary/aromatic N) is 3. The average molecular weight is 642 g/mol. The third-order valence-electron chi connectivity index (χ3n) is 9.34. The molecule has 0 saturated carbocycles. The predicted octanol–water partition coefficient (Wildman–Crippen LogP) is 11.7. The molecule has 0 aliphatic carbocycles. The van der Waals surface area contributed by atoms with Crippen LogP contribution in [-0.2, 0) is 10.8 Å². The smallest absolute Gasteiger partial charge is 0.149 e. The first-order valence-corrected chi connectivity index (χ1v) is 17.0. The van der Waals surface area contributed by atoms with Crippen LogP contribution in [0.4, 0.5) is 0 Å². The Morgan fingerprint density at radius 2 is 1.27 bits per heavy atom. The quantitative estimate of drug-likeness (QED) is 0.203. The molecule has 4 heteroatoms. The summed E-state index contributed by atoms with van der Waals surface area (Å²) in [6, 6.07) is 42.1. The topological polar surface area (TPSA) is 50.9 Å². The van der Waals surface area contributed by atoms with Crippen LogP contribution in [0.15, 0.2) is 128 Å². The van der Waals surface area contributed by atoms with Crippen LogP contribution in [0.25, 0.3) is 61.6 Å². The van der Waals surface area contributed by atoms with Gasteiger partial charge in [0.15, 0.2) is 0 Å². The number of phenols is 1. The second kappa shape index (κ2) is 12.2. The van der Waals surface area contributed by atoms with Gasteiger partial charge in [0.05, 0.1) is 28.0 Å². The van der Waals surface area contributed by atoms with Crippen LogP contribution >= 0.6 is 0 Å². The third-order valence-corrected chi connectivity index (χ3v) is 9.34. The van der Waals surface area contributed by atoms with E-state index in [0.717, 1.165) is 50.2 Å². The Balaban J connectivity index is 1.56. The van der Waals surface area contributed by atoms with Gasteiger partial charge in [0.25, 0.3) is 0 Å². The zero-order valence-electron chi connectivity index (χ0n) is 29.4. The number of hydrogen-bond donors (Lipinski definition) is 1. The molecule has 0 amide bonds. The molecule has 0 aliphatic rings. The molecule has 0 saturated heterocycles. The number of aromatic nitrogens is 3. The molecule has 1 N–H and O–H groups in total. The fraction of sp³-hybridized carbons (Fsp3) is 0.200. The highest BCUT2D eigenvalue weighted by Gasteiger charge is 2.24. The molecule has 0 radical (unpaired) electrons. The van der Waals surface area contributed by atoms with Crippen molar-refractivity contribution in [2.24, 2.45) is 0 Å². The predicted molar refractivity (Wildman–Crippen MR) is 204 cm³/mol. The van der Waals surface area contributed by atoms with Crippen molar-refractivity contribution in [1.82, 2.24) is 14.5 Å². The monoisotopic (exact) mass is 641 g/mol. The third kappa shape index (κ3) is 6.15. The molecule has 5 aromatic carbocycles. The van der Waals surface area contributed by atoms with E-state index in [1.807, 2.05) is 30.5 Å². The fourth-order valence-electron chi connectivity index (χ4n) is 6.52. The highest BCUT2D eigenvalue weighted by Crippen LogP contribution is 2.42. The van der Waals surface area contributed by atoms with Crippen molar-refractivity contribution in [2.75, 3.05) is 0 Å². The largest absolute Gasteiger partial charge is 0.507 e. The van der Waals surface area contributed by atoms with E-state index in [0.29, 0.717) is 11.4 Å². The molecule has 7 aromatic rings. The highest BCUT2D eigenvalue weighted by atomic mass is 16.3. The molecule has 2 heterocycles. The van der Waals surface area contributed by atoms with Crippen LogP contribution in [0.3, 0.4) is 0 Å². The van der Waals surface area contributed by atoms with E-state index in [2.05, 4.69) is 144 Å². The summed E-state index contributed by atoms with van der Waals surface area (Å²) in [5, 5.41) is 11.2. The van der Waals surface area contributed by atoms with Crippen LogP contribution in [0.5, 0.6) is 5.75 Å². The Bertz CT molecular complexity index is 2320. The van der Waals surface area contributed by atoms with Crippen LogP contribution < -0.4 is 0 Å². The normalized spacial score (nSPS) is 12.1. The van der Waals surface area contributed by atoms with E-state index in [-0.39, 0.29) is 16.6 Å². The lowest BCUT2D eigenvalue weighted by Crippen LogP contribution is -2.12. The molecule has 0 unspecified atom stereocenters. The van der Waals surface area contributed by atoms with Gasteiger partial charge < -0.3 is 5.11 Å². The summed E-state index contributed by atoms with van der Waals surface area (Å²) in [7, 11) is 0. The van der Waals surface area contributed by atoms with E-state index in [9.17, 15) is 5.11 Å². The van der Waals surface area contributed by atoms with Gasteiger partial charge in [-0.25, -0.2) is 4.98 Å². The van der Waals surface area contributed by atoms with Crippen LogP contribution in [0.1, 0.15) is 58.2 Å². The van der Waals surface area contributed by atoms with Crippen molar-refractivity contribution in [3.63, 3.8) is 0 Å². The van der Waals surface area contributed by atoms with E-state index in [4.69, 9.17) is 9.97 Å². The molecule has 2 aromatic heterocycles. The summed E-state index contributed by atoms with van der Waals surface area (Å²) in [6.45, 7) is 15.6. The minimum absolute atomic E-state index is 0.0330. The molecule has 0 bridgehead atoms. The maximum absolute atomic E-state index is 11.2. The van der Waals surface area contributed by atoms with E-state index >= 15 is 0 Å². The Morgan fingerprint density at radius 1 is 0.571 bits per heavy atom. The molecule has 49 heavy (non-hydrogen) atoms. The van der Waals surface area contributed by atoms with Crippen molar-refractivity contribution >= 4 is 11.0 Å². The maximum atomic E-state index is 11.2. The Labute approximate surface area is 289 Å². The van der Waals surface area contributed by atoms with Gasteiger partial charge in [0.2, 0.25) is 0 Å². The van der Waals surface area contributed by atoms with E-state index in [1.54, 1.807) is 6.07 Å². The van der Waals surface area contributed by atoms with Crippen molar-refractivity contribution in [1.29, 1.82) is 0 Å². The number of phenolic OH excluding ortho intramolecular Hbond substituents is 1. The number of imidazole rings is 1. The molecule has 0 fully saturated rings. The second-order valence-corrected chi connectivity index (χ2v) is 15.1. The van der Waals surface area contributed by atoms with Gasteiger partial charge in [-0.1, -0.05) is 108 Å². The maximum Gasteiger partial charge on any atom is 0.149 e. The zero-order chi connectivity index (χ0) is 34.5. The van der Waals surface area contributed by atoms with Crippen molar-refractivity contribution in [2.45, 2.75) is 59.3 Å². The fourth-order valence-corrected chi connectivity index (χ4v) is 6.52. The SMILES string of the molecule is Cc1ccnc(-c2cc(-c3cccc4c3nc(-c3ccccc3O)n4-c3ccc(C(C)(C)C)cc3-c3ccccc3)cc(C(C)(C)C)c2)c1. The van der Waals surface area contributed by atoms with E-state index in [1.165, 1.54) is 16.7 Å². The standard InChI is InChI=1S/C45H43N3O/c1-29-22-23-46-38(24-29)32-25-31(26-34(27-32)45(5,6)7)35-17-13-18-40-42(35)47-43(36-16-11-12-19-41(36)49)48(40)39-21-20-33(44(2,3)4)28-37(39)30-14-9-8-10-15-30/h8-28,49H,1-7H3. The highest BCUT2D eigenvalue weighted by molar-refractivity contribution is 5.97. The number of hydrogen-bond acceptors (Lipinski definition) is 3. The van der Waals surface area contributed by atoms with Crippen LogP contribution in [0.2, 0.25) is 0 Å². The van der Waals surface area contributed by atoms with Crippen molar-refractivity contribution < 1.29 is 5.11 Å². The molecule has 0 atom stereocenters. The first-order valence-electron chi connectivity index (χ1n) is 17.0. The number of pyridine rings is 1. The summed E-state index contributed by atoms with van der Waals surface area (Å²) < 4.78 is 2.22. The summed E-state index contributed by atoms with van der Waals surface area (Å²) in [6.07, 6.45) is 1.88. The lowest BCUT2D eigenvalue weighted by atomic mass is 9.83. The summed E-state index contributed by atoms with van der Waals surface area (Å²) in [4.78, 5) is 10.2. The molecular formula is C45H43N3O. The van der Waals surface area contributed by atoms with Gasteiger partial charge in [-0.3, -0.25) is 9.55 Å². The zero-order valence-corrected chi connectivity index (χ0v) is 29.4. The molecule has 0 aliphatic heterocycles. The van der Waals surface area contributed by atoms with Crippen molar-refractivity contribution in [3.05, 3.63) is 144 Å². The first-order chi connectivity index (χ1) is 23.4. The lowest BCUT2D eigenvalue weighted by Gasteiger charge is -2.23. The van der Waals surface area contributed by atoms with Gasteiger partial charge in [-0.05, 0) is 100 Å². The summed E-state index contributed by atoms with van der Waals surface area (Å²) in [5.74, 6) is 0.879. The van der Waals surface area contributed by atoms with Gasteiger partial charge in [0.1, 0.15) is 11.6 Å². The molecule has 4 nitrogen and oxygen atoms in total. The number of aryl methyl sites for hydroxylation is 1. The van der Waals surface area contributed by atoms with Gasteiger partial charge in [-0.15, -0.1) is 0 Å². The lowest BCUT2D eigenvalue weighted by molar-refractivity contribution is 0.477. The first kappa shape index (κ1) is 32.1. The number of rotatable bonds is 5. The Hall–Kier alpha value is -5.48. The number of benzene rings is 5. The van der Waals surface area contributed by atoms with E-state index < -0.39 is 0 Å². The molecule has 0 spiro atoms. The van der Waals surface area contributed by atoms with Gasteiger partial charge in [0, 0.05) is 22.9 Å². The minimum atomic E-state index is -0.0811. The molecule has 244 valence electrons. The van der Waals surface area contributed by atoms with Gasteiger partial charge >= 0.3 is 0 Å². The average Bonchev–Trinajstić information content (AvgIpc) is 3.47. The second-order valence-electron chi connectivity index (χ2n) is 15.1.